The average Bonchev–Trinajstić information content (AvgIpc) is 2.44. The summed E-state index contributed by atoms with van der Waals surface area (Å²) in [6.45, 7) is 5.73. The zero-order valence-corrected chi connectivity index (χ0v) is 12.8. The van der Waals surface area contributed by atoms with E-state index >= 15 is 0 Å². The quantitative estimate of drug-likeness (QED) is 0.592. The molecule has 0 radical (unpaired) electrons. The minimum absolute atomic E-state index is 0.113. The topological polar surface area (TPSA) is 75.9 Å². The highest BCUT2D eigenvalue weighted by Crippen LogP contribution is 2.28. The van der Waals surface area contributed by atoms with E-state index in [1.807, 2.05) is 13.8 Å². The Hall–Kier alpha value is -1.92. The zero-order chi connectivity index (χ0) is 15.6. The van der Waals surface area contributed by atoms with E-state index < -0.39 is 5.82 Å². The Morgan fingerprint density at radius 3 is 2.52 bits per heavy atom. The van der Waals surface area contributed by atoms with Crippen molar-refractivity contribution in [2.45, 2.75) is 26.7 Å². The predicted molar refractivity (Wildman–Crippen MR) is 83.4 cm³/mol. The summed E-state index contributed by atoms with van der Waals surface area (Å²) in [4.78, 5) is 8.74. The molecule has 5 nitrogen and oxygen atoms in total. The molecular weight excluding hydrogens is 293 g/mol. The highest BCUT2D eigenvalue weighted by atomic mass is 35.5. The second-order valence-corrected chi connectivity index (χ2v) is 5.39. The summed E-state index contributed by atoms with van der Waals surface area (Å²) in [6.07, 6.45) is 0. The Labute approximate surface area is 127 Å². The molecule has 1 heterocycles. The maximum absolute atomic E-state index is 13.8. The van der Waals surface area contributed by atoms with Gasteiger partial charge in [-0.15, -0.1) is 0 Å². The van der Waals surface area contributed by atoms with E-state index in [9.17, 15) is 4.39 Å². The van der Waals surface area contributed by atoms with Gasteiger partial charge in [-0.3, -0.25) is 0 Å². The first-order valence-electron chi connectivity index (χ1n) is 6.49. The van der Waals surface area contributed by atoms with Gasteiger partial charge in [0.15, 0.2) is 0 Å². The molecule has 2 rings (SSSR count). The summed E-state index contributed by atoms with van der Waals surface area (Å²) in [5.41, 5.74) is 3.48. The molecule has 0 unspecified atom stereocenters. The molecule has 0 amide bonds. The maximum Gasteiger partial charge on any atom is 0.148 e. The number of halogens is 2. The van der Waals surface area contributed by atoms with Gasteiger partial charge in [0.25, 0.3) is 0 Å². The van der Waals surface area contributed by atoms with Gasteiger partial charge in [0.05, 0.1) is 5.69 Å². The van der Waals surface area contributed by atoms with Crippen LogP contribution in [0.25, 0.3) is 0 Å². The Kier molecular flexibility index (Phi) is 4.59. The highest BCUT2D eigenvalue weighted by molar-refractivity contribution is 6.30. The van der Waals surface area contributed by atoms with E-state index in [2.05, 4.69) is 20.7 Å². The molecule has 4 N–H and O–H groups in total. The molecule has 0 saturated heterocycles. The Balaban J connectivity index is 2.47. The van der Waals surface area contributed by atoms with Crippen molar-refractivity contribution in [2.75, 3.05) is 10.7 Å². The Morgan fingerprint density at radius 2 is 1.90 bits per heavy atom. The van der Waals surface area contributed by atoms with Crippen molar-refractivity contribution in [1.82, 2.24) is 9.97 Å². The second-order valence-electron chi connectivity index (χ2n) is 4.95. The summed E-state index contributed by atoms with van der Waals surface area (Å²) in [5, 5.41) is 3.38. The normalized spacial score (nSPS) is 10.8. The average molecular weight is 310 g/mol. The lowest BCUT2D eigenvalue weighted by atomic mass is 10.2. The monoisotopic (exact) mass is 309 g/mol. The number of rotatable bonds is 4. The first-order chi connectivity index (χ1) is 9.92. The number of aromatic nitrogens is 2. The fourth-order valence-corrected chi connectivity index (χ4v) is 1.95. The number of nitrogens with two attached hydrogens (primary N) is 1. The molecule has 2 aromatic rings. The number of benzene rings is 1. The first kappa shape index (κ1) is 15.5. The van der Waals surface area contributed by atoms with E-state index in [1.165, 1.54) is 18.2 Å². The Morgan fingerprint density at radius 1 is 1.24 bits per heavy atom. The molecule has 0 bridgehead atoms. The van der Waals surface area contributed by atoms with Crippen molar-refractivity contribution in [2.24, 2.45) is 5.84 Å². The standard InChI is InChI=1S/C14H17ClFN5/c1-7(2)12-19-13(8(3)14(20-12)21-17)18-11-6-9(15)4-5-10(11)16/h4-7H,17H2,1-3H3,(H2,18,19,20,21). The van der Waals surface area contributed by atoms with Crippen LogP contribution in [-0.4, -0.2) is 9.97 Å². The minimum Gasteiger partial charge on any atom is -0.337 e. The van der Waals surface area contributed by atoms with Gasteiger partial charge in [-0.05, 0) is 25.1 Å². The molecule has 1 aromatic carbocycles. The molecule has 0 saturated carbocycles. The summed E-state index contributed by atoms with van der Waals surface area (Å²) in [7, 11) is 0. The van der Waals surface area contributed by atoms with Gasteiger partial charge in [0, 0.05) is 16.5 Å². The van der Waals surface area contributed by atoms with Gasteiger partial charge in [-0.2, -0.15) is 0 Å². The molecule has 7 heteroatoms. The van der Waals surface area contributed by atoms with Crippen LogP contribution in [0.4, 0.5) is 21.7 Å². The summed E-state index contributed by atoms with van der Waals surface area (Å²) in [5.74, 6) is 6.77. The van der Waals surface area contributed by atoms with E-state index in [1.54, 1.807) is 6.92 Å². The predicted octanol–water partition coefficient (Wildman–Crippen LogP) is 3.73. The number of nitrogen functional groups attached to an aromatic ring is 1. The van der Waals surface area contributed by atoms with Crippen molar-refractivity contribution in [3.05, 3.63) is 40.4 Å². The SMILES string of the molecule is Cc1c(NN)nc(C(C)C)nc1Nc1cc(Cl)ccc1F. The number of anilines is 3. The number of nitrogens with one attached hydrogen (secondary N) is 2. The third kappa shape index (κ3) is 3.40. The van der Waals surface area contributed by atoms with Crippen LogP contribution in [0.3, 0.4) is 0 Å². The molecular formula is C14H17ClFN5. The molecule has 21 heavy (non-hydrogen) atoms. The van der Waals surface area contributed by atoms with Crippen molar-refractivity contribution in [1.29, 1.82) is 0 Å². The van der Waals surface area contributed by atoms with Crippen LogP contribution >= 0.6 is 11.6 Å². The summed E-state index contributed by atoms with van der Waals surface area (Å²) in [6, 6.07) is 4.29. The molecule has 0 aliphatic heterocycles. The highest BCUT2D eigenvalue weighted by Gasteiger charge is 2.14. The second kappa shape index (κ2) is 6.24. The molecule has 0 fully saturated rings. The third-order valence-electron chi connectivity index (χ3n) is 3.00. The number of hydrazine groups is 1. The molecule has 1 aromatic heterocycles. The molecule has 112 valence electrons. The molecule has 0 aliphatic rings. The molecule has 0 atom stereocenters. The zero-order valence-electron chi connectivity index (χ0n) is 12.0. The van der Waals surface area contributed by atoms with Crippen LogP contribution < -0.4 is 16.6 Å². The first-order valence-corrected chi connectivity index (χ1v) is 6.87. The van der Waals surface area contributed by atoms with Gasteiger partial charge in [-0.25, -0.2) is 20.2 Å². The number of hydrogen-bond acceptors (Lipinski definition) is 5. The smallest absolute Gasteiger partial charge is 0.148 e. The van der Waals surface area contributed by atoms with Crippen molar-refractivity contribution in [3.63, 3.8) is 0 Å². The third-order valence-corrected chi connectivity index (χ3v) is 3.23. The van der Waals surface area contributed by atoms with Gasteiger partial charge in [-0.1, -0.05) is 25.4 Å². The molecule has 0 aliphatic carbocycles. The van der Waals surface area contributed by atoms with Crippen molar-refractivity contribution >= 4 is 28.9 Å². The lowest BCUT2D eigenvalue weighted by molar-refractivity contribution is 0.631. The Bertz CT molecular complexity index is 660. The summed E-state index contributed by atoms with van der Waals surface area (Å²) < 4.78 is 13.8. The van der Waals surface area contributed by atoms with Gasteiger partial charge >= 0.3 is 0 Å². The summed E-state index contributed by atoms with van der Waals surface area (Å²) >= 11 is 5.89. The van der Waals surface area contributed by atoms with E-state index in [-0.39, 0.29) is 11.6 Å². The fourth-order valence-electron chi connectivity index (χ4n) is 1.78. The van der Waals surface area contributed by atoms with Crippen molar-refractivity contribution in [3.8, 4) is 0 Å². The van der Waals surface area contributed by atoms with Crippen LogP contribution in [0.2, 0.25) is 5.02 Å². The van der Waals surface area contributed by atoms with Crippen LogP contribution in [0.15, 0.2) is 18.2 Å². The van der Waals surface area contributed by atoms with Crippen LogP contribution in [0, 0.1) is 12.7 Å². The van der Waals surface area contributed by atoms with Crippen molar-refractivity contribution < 1.29 is 4.39 Å². The maximum atomic E-state index is 13.8. The van der Waals surface area contributed by atoms with Crippen LogP contribution in [0.5, 0.6) is 0 Å². The minimum atomic E-state index is -0.411. The molecule has 0 spiro atoms. The fraction of sp³-hybridized carbons (Fsp3) is 0.286. The van der Waals surface area contributed by atoms with E-state index in [0.717, 1.165) is 0 Å². The van der Waals surface area contributed by atoms with E-state index in [0.29, 0.717) is 28.0 Å². The van der Waals surface area contributed by atoms with Gasteiger partial charge in [0.1, 0.15) is 23.3 Å². The van der Waals surface area contributed by atoms with Crippen LogP contribution in [-0.2, 0) is 0 Å². The number of hydrogen-bond donors (Lipinski definition) is 3. The van der Waals surface area contributed by atoms with Gasteiger partial charge < -0.3 is 10.7 Å². The lowest BCUT2D eigenvalue weighted by Crippen LogP contribution is -2.14. The largest absolute Gasteiger partial charge is 0.337 e. The van der Waals surface area contributed by atoms with Crippen LogP contribution in [0.1, 0.15) is 31.2 Å². The van der Waals surface area contributed by atoms with E-state index in [4.69, 9.17) is 17.4 Å². The van der Waals surface area contributed by atoms with Gasteiger partial charge in [0.2, 0.25) is 0 Å². The lowest BCUT2D eigenvalue weighted by Gasteiger charge is -2.15. The number of nitrogens with zero attached hydrogens (tertiary/aromatic N) is 2.